The van der Waals surface area contributed by atoms with Gasteiger partial charge >= 0.3 is 6.03 Å². The van der Waals surface area contributed by atoms with Gasteiger partial charge in [0.15, 0.2) is 0 Å². The van der Waals surface area contributed by atoms with Gasteiger partial charge in [0.05, 0.1) is 5.56 Å². The molecule has 1 aromatic heterocycles. The minimum absolute atomic E-state index is 0.244. The second kappa shape index (κ2) is 7.38. The maximum atomic E-state index is 13.3. The molecule has 0 spiro atoms. The number of aryl methyl sites for hydroxylation is 1. The number of primary amides is 1. The summed E-state index contributed by atoms with van der Waals surface area (Å²) in [5.41, 5.74) is 6.79. The molecular formula is C18H20FN5O2. The molecule has 0 aliphatic carbocycles. The van der Waals surface area contributed by atoms with Crippen molar-refractivity contribution in [1.82, 2.24) is 9.88 Å². The number of nitrogens with two attached hydrogens (primary N) is 1. The average molecular weight is 357 g/mol. The Balaban J connectivity index is 1.62. The fraction of sp³-hybridized carbons (Fsp3) is 0.278. The molecule has 1 aromatic carbocycles. The average Bonchev–Trinajstić information content (AvgIpc) is 2.65. The summed E-state index contributed by atoms with van der Waals surface area (Å²) < 4.78 is 13.3. The molecule has 2 heterocycles. The van der Waals surface area contributed by atoms with Crippen molar-refractivity contribution in [2.75, 3.05) is 36.4 Å². The van der Waals surface area contributed by atoms with Gasteiger partial charge < -0.3 is 20.9 Å². The predicted molar refractivity (Wildman–Crippen MR) is 96.7 cm³/mol. The Morgan fingerprint density at radius 1 is 1.19 bits per heavy atom. The molecule has 3 rings (SSSR count). The normalized spacial score (nSPS) is 14.2. The van der Waals surface area contributed by atoms with Crippen LogP contribution in [0.4, 0.5) is 20.7 Å². The summed E-state index contributed by atoms with van der Waals surface area (Å²) in [5, 5.41) is 2.78. The van der Waals surface area contributed by atoms with Gasteiger partial charge in [-0.05, 0) is 42.8 Å². The van der Waals surface area contributed by atoms with Crippen LogP contribution in [-0.4, -0.2) is 48.0 Å². The summed E-state index contributed by atoms with van der Waals surface area (Å²) in [6.45, 7) is 3.66. The van der Waals surface area contributed by atoms with E-state index in [1.165, 1.54) is 12.1 Å². The number of halogens is 1. The first-order valence-electron chi connectivity index (χ1n) is 8.27. The van der Waals surface area contributed by atoms with E-state index in [9.17, 15) is 14.0 Å². The minimum Gasteiger partial charge on any atom is -0.365 e. The molecule has 26 heavy (non-hydrogen) atoms. The van der Waals surface area contributed by atoms with Crippen molar-refractivity contribution in [2.24, 2.45) is 5.73 Å². The summed E-state index contributed by atoms with van der Waals surface area (Å²) in [4.78, 5) is 31.8. The van der Waals surface area contributed by atoms with E-state index in [1.54, 1.807) is 36.2 Å². The van der Waals surface area contributed by atoms with Crippen LogP contribution in [0.2, 0.25) is 0 Å². The number of amides is 3. The molecule has 0 unspecified atom stereocenters. The minimum atomic E-state index is -0.528. The summed E-state index contributed by atoms with van der Waals surface area (Å²) >= 11 is 0. The third kappa shape index (κ3) is 3.74. The topological polar surface area (TPSA) is 91.6 Å². The van der Waals surface area contributed by atoms with Crippen LogP contribution < -0.4 is 16.0 Å². The standard InChI is InChI=1S/C18H20FN5O2/c1-12-11-13(4-5-15(12)19)22-18(26)24-9-7-23(8-10-24)17-14(16(20)25)3-2-6-21-17/h2-6,11H,7-10H2,1H3,(H2,20,25)(H,22,26). The van der Waals surface area contributed by atoms with E-state index in [-0.39, 0.29) is 11.8 Å². The zero-order valence-corrected chi connectivity index (χ0v) is 14.4. The highest BCUT2D eigenvalue weighted by Gasteiger charge is 2.24. The van der Waals surface area contributed by atoms with Crippen LogP contribution in [0.1, 0.15) is 15.9 Å². The van der Waals surface area contributed by atoms with Crippen LogP contribution in [0.15, 0.2) is 36.5 Å². The molecule has 7 nitrogen and oxygen atoms in total. The molecule has 0 saturated carbocycles. The zero-order chi connectivity index (χ0) is 18.7. The van der Waals surface area contributed by atoms with E-state index >= 15 is 0 Å². The summed E-state index contributed by atoms with van der Waals surface area (Å²) in [6, 6.07) is 7.51. The monoisotopic (exact) mass is 357 g/mol. The lowest BCUT2D eigenvalue weighted by molar-refractivity contribution is 0.1000. The van der Waals surface area contributed by atoms with Crippen LogP contribution in [0.3, 0.4) is 0 Å². The SMILES string of the molecule is Cc1cc(NC(=O)N2CCN(c3ncccc3C(N)=O)CC2)ccc1F. The third-order valence-electron chi connectivity index (χ3n) is 4.33. The lowest BCUT2D eigenvalue weighted by atomic mass is 10.2. The maximum Gasteiger partial charge on any atom is 0.321 e. The highest BCUT2D eigenvalue weighted by Crippen LogP contribution is 2.19. The molecule has 136 valence electrons. The Morgan fingerprint density at radius 2 is 1.92 bits per heavy atom. The molecule has 0 atom stereocenters. The predicted octanol–water partition coefficient (Wildman–Crippen LogP) is 1.98. The fourth-order valence-corrected chi connectivity index (χ4v) is 2.89. The largest absolute Gasteiger partial charge is 0.365 e. The van der Waals surface area contributed by atoms with E-state index in [4.69, 9.17) is 5.73 Å². The van der Waals surface area contributed by atoms with Gasteiger partial charge in [0, 0.05) is 38.1 Å². The van der Waals surface area contributed by atoms with Gasteiger partial charge in [-0.15, -0.1) is 0 Å². The van der Waals surface area contributed by atoms with Gasteiger partial charge in [-0.2, -0.15) is 0 Å². The first kappa shape index (κ1) is 17.7. The zero-order valence-electron chi connectivity index (χ0n) is 14.4. The Bertz CT molecular complexity index is 834. The highest BCUT2D eigenvalue weighted by molar-refractivity contribution is 5.97. The smallest absolute Gasteiger partial charge is 0.321 e. The number of aromatic nitrogens is 1. The van der Waals surface area contributed by atoms with Gasteiger partial charge in [-0.1, -0.05) is 0 Å². The van der Waals surface area contributed by atoms with E-state index < -0.39 is 5.91 Å². The Morgan fingerprint density at radius 3 is 2.58 bits per heavy atom. The van der Waals surface area contributed by atoms with Crippen LogP contribution in [0, 0.1) is 12.7 Å². The van der Waals surface area contributed by atoms with Crippen LogP contribution in [-0.2, 0) is 0 Å². The molecule has 0 bridgehead atoms. The summed E-state index contributed by atoms with van der Waals surface area (Å²) in [5.74, 6) is -0.300. The second-order valence-corrected chi connectivity index (χ2v) is 6.11. The molecule has 2 aromatic rings. The molecule has 1 aliphatic rings. The maximum absolute atomic E-state index is 13.3. The number of nitrogens with one attached hydrogen (secondary N) is 1. The molecule has 3 amide bonds. The molecule has 1 fully saturated rings. The Labute approximate surface area is 150 Å². The van der Waals surface area contributed by atoms with Gasteiger partial charge in [-0.3, -0.25) is 4.79 Å². The molecule has 0 radical (unpaired) electrons. The van der Waals surface area contributed by atoms with Crippen LogP contribution in [0.25, 0.3) is 0 Å². The Hall–Kier alpha value is -3.16. The van der Waals surface area contributed by atoms with Crippen molar-refractivity contribution >= 4 is 23.4 Å². The van der Waals surface area contributed by atoms with Crippen LogP contribution >= 0.6 is 0 Å². The molecule has 3 N–H and O–H groups in total. The number of hydrogen-bond acceptors (Lipinski definition) is 4. The number of piperazine rings is 1. The second-order valence-electron chi connectivity index (χ2n) is 6.11. The summed E-state index contributed by atoms with van der Waals surface area (Å²) in [7, 11) is 0. The van der Waals surface area contributed by atoms with E-state index in [2.05, 4.69) is 10.3 Å². The Kier molecular flexibility index (Phi) is 5.01. The number of pyridine rings is 1. The first-order valence-corrected chi connectivity index (χ1v) is 8.27. The van der Waals surface area contributed by atoms with Gasteiger partial charge in [0.2, 0.25) is 0 Å². The van der Waals surface area contributed by atoms with Crippen molar-refractivity contribution < 1.29 is 14.0 Å². The van der Waals surface area contributed by atoms with Crippen molar-refractivity contribution in [3.05, 3.63) is 53.5 Å². The number of rotatable bonds is 3. The van der Waals surface area contributed by atoms with Crippen molar-refractivity contribution in [2.45, 2.75) is 6.92 Å². The highest BCUT2D eigenvalue weighted by atomic mass is 19.1. The quantitative estimate of drug-likeness (QED) is 0.879. The fourth-order valence-electron chi connectivity index (χ4n) is 2.89. The van der Waals surface area contributed by atoms with E-state index in [0.29, 0.717) is 48.8 Å². The van der Waals surface area contributed by atoms with Gasteiger partial charge in [0.25, 0.3) is 5.91 Å². The van der Waals surface area contributed by atoms with Gasteiger partial charge in [-0.25, -0.2) is 14.2 Å². The van der Waals surface area contributed by atoms with Crippen molar-refractivity contribution in [1.29, 1.82) is 0 Å². The summed E-state index contributed by atoms with van der Waals surface area (Å²) in [6.07, 6.45) is 1.61. The molecule has 1 aliphatic heterocycles. The van der Waals surface area contributed by atoms with E-state index in [1.807, 2.05) is 4.90 Å². The molecule has 1 saturated heterocycles. The first-order chi connectivity index (χ1) is 12.5. The number of carbonyl (C=O) groups excluding carboxylic acids is 2. The van der Waals surface area contributed by atoms with Crippen LogP contribution in [0.5, 0.6) is 0 Å². The van der Waals surface area contributed by atoms with Crippen molar-refractivity contribution in [3.63, 3.8) is 0 Å². The molecular weight excluding hydrogens is 337 g/mol. The number of urea groups is 1. The number of benzene rings is 1. The third-order valence-corrected chi connectivity index (χ3v) is 4.33. The van der Waals surface area contributed by atoms with Gasteiger partial charge in [0.1, 0.15) is 11.6 Å². The number of carbonyl (C=O) groups is 2. The number of hydrogen-bond donors (Lipinski definition) is 2. The van der Waals surface area contributed by atoms with E-state index in [0.717, 1.165) is 0 Å². The number of anilines is 2. The number of nitrogens with zero attached hydrogens (tertiary/aromatic N) is 3. The lowest BCUT2D eigenvalue weighted by Gasteiger charge is -2.35. The van der Waals surface area contributed by atoms with Crippen molar-refractivity contribution in [3.8, 4) is 0 Å². The lowest BCUT2D eigenvalue weighted by Crippen LogP contribution is -2.50. The molecule has 8 heteroatoms.